The Kier molecular flexibility index (Phi) is 4.20. The predicted molar refractivity (Wildman–Crippen MR) is 96.4 cm³/mol. The number of hydrogen-bond donors (Lipinski definition) is 2. The van der Waals surface area contributed by atoms with Crippen LogP contribution >= 0.6 is 0 Å². The van der Waals surface area contributed by atoms with Crippen molar-refractivity contribution in [3.63, 3.8) is 0 Å². The number of ether oxygens (including phenoxy) is 1. The summed E-state index contributed by atoms with van der Waals surface area (Å²) in [6.45, 7) is 5.30. The van der Waals surface area contributed by atoms with E-state index >= 15 is 0 Å². The van der Waals surface area contributed by atoms with Gasteiger partial charge in [0.05, 0.1) is 10.6 Å². The molecule has 2 N–H and O–H groups in total. The van der Waals surface area contributed by atoms with E-state index in [0.717, 1.165) is 12.0 Å². The van der Waals surface area contributed by atoms with Crippen LogP contribution in [0.25, 0.3) is 0 Å². The van der Waals surface area contributed by atoms with Gasteiger partial charge in [-0.25, -0.2) is 8.42 Å². The van der Waals surface area contributed by atoms with Gasteiger partial charge in [0.15, 0.2) is 5.60 Å². The van der Waals surface area contributed by atoms with Gasteiger partial charge in [-0.05, 0) is 50.1 Å². The van der Waals surface area contributed by atoms with Crippen LogP contribution in [0.1, 0.15) is 26.3 Å². The normalized spacial score (nSPS) is 15.7. The molecule has 2 aromatic rings. The fourth-order valence-corrected chi connectivity index (χ4v) is 3.60. The lowest BCUT2D eigenvalue weighted by Crippen LogP contribution is -2.45. The van der Waals surface area contributed by atoms with Gasteiger partial charge >= 0.3 is 0 Å². The molecule has 0 aliphatic carbocycles. The molecule has 1 aliphatic heterocycles. The number of aryl methyl sites for hydroxylation is 1. The van der Waals surface area contributed by atoms with E-state index in [0.29, 0.717) is 11.4 Å². The summed E-state index contributed by atoms with van der Waals surface area (Å²) in [5.41, 5.74) is 0.626. The van der Waals surface area contributed by atoms with Crippen molar-refractivity contribution < 1.29 is 17.9 Å². The zero-order chi connectivity index (χ0) is 18.2. The highest BCUT2D eigenvalue weighted by Gasteiger charge is 2.36. The fourth-order valence-electron chi connectivity index (χ4n) is 2.52. The summed E-state index contributed by atoms with van der Waals surface area (Å²) in [4.78, 5) is 12.3. The number of carbonyl (C=O) groups excluding carboxylic acids is 1. The van der Waals surface area contributed by atoms with Crippen LogP contribution in [0.15, 0.2) is 47.4 Å². The summed E-state index contributed by atoms with van der Waals surface area (Å²) >= 11 is 0. The molecule has 1 heterocycles. The number of hydrogen-bond acceptors (Lipinski definition) is 4. The largest absolute Gasteiger partial charge is 0.476 e. The molecule has 0 saturated carbocycles. The number of para-hydroxylation sites is 1. The van der Waals surface area contributed by atoms with Gasteiger partial charge < -0.3 is 10.1 Å². The van der Waals surface area contributed by atoms with Crippen LogP contribution in [0.3, 0.4) is 0 Å². The molecule has 1 aliphatic rings. The van der Waals surface area contributed by atoms with Crippen molar-refractivity contribution in [2.45, 2.75) is 37.7 Å². The molecule has 132 valence electrons. The van der Waals surface area contributed by atoms with Crippen molar-refractivity contribution in [1.82, 2.24) is 0 Å². The number of carbonyl (C=O) groups is 1. The first kappa shape index (κ1) is 17.3. The molecule has 0 atom stereocenters. The third kappa shape index (κ3) is 3.32. The predicted octanol–water partition coefficient (Wildman–Crippen LogP) is 3.16. The first-order chi connectivity index (χ1) is 11.7. The van der Waals surface area contributed by atoms with E-state index in [-0.39, 0.29) is 16.5 Å². The molecular formula is C18H20N2O4S. The number of anilines is 2. The van der Waals surface area contributed by atoms with Gasteiger partial charge in [0.2, 0.25) is 0 Å². The van der Waals surface area contributed by atoms with Crippen LogP contribution in [0, 0.1) is 0 Å². The summed E-state index contributed by atoms with van der Waals surface area (Å²) in [6, 6.07) is 11.6. The molecule has 3 rings (SSSR count). The number of sulfonamides is 1. The zero-order valence-electron chi connectivity index (χ0n) is 14.3. The first-order valence-electron chi connectivity index (χ1n) is 7.98. The lowest BCUT2D eigenvalue weighted by molar-refractivity contribution is -0.129. The quantitative estimate of drug-likeness (QED) is 0.877. The molecule has 0 aromatic heterocycles. The second-order valence-electron chi connectivity index (χ2n) is 6.35. The molecule has 0 saturated heterocycles. The van der Waals surface area contributed by atoms with Gasteiger partial charge in [0.25, 0.3) is 15.9 Å². The molecule has 0 spiro atoms. The van der Waals surface area contributed by atoms with E-state index in [9.17, 15) is 13.2 Å². The van der Waals surface area contributed by atoms with Crippen LogP contribution < -0.4 is 14.8 Å². The van der Waals surface area contributed by atoms with Crippen molar-refractivity contribution in [1.29, 1.82) is 0 Å². The second kappa shape index (κ2) is 6.07. The Balaban J connectivity index is 1.94. The second-order valence-corrected chi connectivity index (χ2v) is 8.03. The standard InChI is InChI=1S/C18H20N2O4S/c1-4-12-8-10-13(11-9-12)25(22,23)20-14-6-5-7-15-16(14)19-17(21)18(2,3)24-15/h5-11,20H,4H2,1-3H3,(H,19,21). The van der Waals surface area contributed by atoms with E-state index in [2.05, 4.69) is 10.0 Å². The summed E-state index contributed by atoms with van der Waals surface area (Å²) in [7, 11) is -3.77. The zero-order valence-corrected chi connectivity index (χ0v) is 15.1. The third-order valence-corrected chi connectivity index (χ3v) is 5.44. The Morgan fingerprint density at radius 3 is 2.44 bits per heavy atom. The van der Waals surface area contributed by atoms with Crippen LogP contribution in [0.2, 0.25) is 0 Å². The maximum absolute atomic E-state index is 12.6. The molecule has 0 unspecified atom stereocenters. The van der Waals surface area contributed by atoms with Crippen LogP contribution in [-0.4, -0.2) is 19.9 Å². The number of amides is 1. The Morgan fingerprint density at radius 2 is 1.80 bits per heavy atom. The number of benzene rings is 2. The summed E-state index contributed by atoms with van der Waals surface area (Å²) in [5.74, 6) is 0.0880. The van der Waals surface area contributed by atoms with Crippen LogP contribution in [-0.2, 0) is 21.2 Å². The average molecular weight is 360 g/mol. The summed E-state index contributed by atoms with van der Waals surface area (Å²) in [6.07, 6.45) is 0.832. The molecule has 25 heavy (non-hydrogen) atoms. The van der Waals surface area contributed by atoms with Crippen molar-refractivity contribution in [2.24, 2.45) is 0 Å². The number of nitrogens with one attached hydrogen (secondary N) is 2. The maximum atomic E-state index is 12.6. The SMILES string of the molecule is CCc1ccc(S(=O)(=O)Nc2cccc3c2NC(=O)C(C)(C)O3)cc1. The highest BCUT2D eigenvalue weighted by atomic mass is 32.2. The van der Waals surface area contributed by atoms with E-state index in [1.165, 1.54) is 0 Å². The molecule has 0 radical (unpaired) electrons. The summed E-state index contributed by atoms with van der Waals surface area (Å²) < 4.78 is 33.5. The maximum Gasteiger partial charge on any atom is 0.268 e. The monoisotopic (exact) mass is 360 g/mol. The topological polar surface area (TPSA) is 84.5 Å². The summed E-state index contributed by atoms with van der Waals surface area (Å²) in [5, 5.41) is 2.72. The van der Waals surface area contributed by atoms with Gasteiger partial charge in [0.1, 0.15) is 11.4 Å². The minimum absolute atomic E-state index is 0.158. The Bertz CT molecular complexity index is 919. The minimum atomic E-state index is -3.77. The van der Waals surface area contributed by atoms with Crippen LogP contribution in [0.4, 0.5) is 11.4 Å². The molecule has 2 aromatic carbocycles. The van der Waals surface area contributed by atoms with Gasteiger partial charge in [-0.15, -0.1) is 0 Å². The van der Waals surface area contributed by atoms with E-state index in [1.807, 2.05) is 6.92 Å². The van der Waals surface area contributed by atoms with Gasteiger partial charge in [-0.1, -0.05) is 25.1 Å². The molecular weight excluding hydrogens is 340 g/mol. The van der Waals surface area contributed by atoms with Crippen molar-refractivity contribution in [2.75, 3.05) is 10.0 Å². The first-order valence-corrected chi connectivity index (χ1v) is 9.46. The van der Waals surface area contributed by atoms with Crippen molar-refractivity contribution >= 4 is 27.3 Å². The number of rotatable bonds is 4. The highest BCUT2D eigenvalue weighted by molar-refractivity contribution is 7.92. The average Bonchev–Trinajstić information content (AvgIpc) is 2.56. The highest BCUT2D eigenvalue weighted by Crippen LogP contribution is 2.39. The van der Waals surface area contributed by atoms with E-state index in [4.69, 9.17) is 4.74 Å². The fraction of sp³-hybridized carbons (Fsp3) is 0.278. The van der Waals surface area contributed by atoms with Crippen molar-refractivity contribution in [3.8, 4) is 5.75 Å². The smallest absolute Gasteiger partial charge is 0.268 e. The lowest BCUT2D eigenvalue weighted by atomic mass is 10.1. The Hall–Kier alpha value is -2.54. The van der Waals surface area contributed by atoms with E-state index in [1.54, 1.807) is 56.3 Å². The third-order valence-electron chi connectivity index (χ3n) is 4.06. The van der Waals surface area contributed by atoms with Crippen LogP contribution in [0.5, 0.6) is 5.75 Å². The molecule has 7 heteroatoms. The molecule has 0 fully saturated rings. The Morgan fingerprint density at radius 1 is 1.12 bits per heavy atom. The minimum Gasteiger partial charge on any atom is -0.476 e. The van der Waals surface area contributed by atoms with E-state index < -0.39 is 15.6 Å². The van der Waals surface area contributed by atoms with Gasteiger partial charge in [-0.2, -0.15) is 0 Å². The Labute approximate surface area is 147 Å². The molecule has 6 nitrogen and oxygen atoms in total. The number of fused-ring (bicyclic) bond motifs is 1. The van der Waals surface area contributed by atoms with Crippen molar-refractivity contribution in [3.05, 3.63) is 48.0 Å². The van der Waals surface area contributed by atoms with Gasteiger partial charge in [-0.3, -0.25) is 9.52 Å². The molecule has 0 bridgehead atoms. The van der Waals surface area contributed by atoms with Gasteiger partial charge in [0, 0.05) is 0 Å². The lowest BCUT2D eigenvalue weighted by Gasteiger charge is -2.32. The molecule has 1 amide bonds.